The van der Waals surface area contributed by atoms with Crippen LogP contribution in [-0.4, -0.2) is 33.0 Å². The summed E-state index contributed by atoms with van der Waals surface area (Å²) in [7, 11) is 0. The second-order valence-electron chi connectivity index (χ2n) is 7.62. The summed E-state index contributed by atoms with van der Waals surface area (Å²) in [6, 6.07) is 10.9. The zero-order chi connectivity index (χ0) is 22.8. The van der Waals surface area contributed by atoms with E-state index in [1.54, 1.807) is 19.1 Å². The Balaban J connectivity index is 1.44. The number of carbonyl (C=O) groups excluding carboxylic acids is 2. The van der Waals surface area contributed by atoms with Crippen LogP contribution in [0.3, 0.4) is 0 Å². The maximum absolute atomic E-state index is 13.4. The van der Waals surface area contributed by atoms with Crippen LogP contribution in [0, 0.1) is 12.7 Å². The van der Waals surface area contributed by atoms with E-state index in [9.17, 15) is 19.1 Å². The molecule has 2 aromatic carbocycles. The molecule has 2 amide bonds. The van der Waals surface area contributed by atoms with Gasteiger partial charge in [0, 0.05) is 23.5 Å². The van der Waals surface area contributed by atoms with Gasteiger partial charge in [0.15, 0.2) is 0 Å². The van der Waals surface area contributed by atoms with E-state index in [0.717, 1.165) is 27.5 Å². The van der Waals surface area contributed by atoms with Crippen molar-refractivity contribution in [3.63, 3.8) is 0 Å². The summed E-state index contributed by atoms with van der Waals surface area (Å²) in [5, 5.41) is 15.9. The number of aromatic nitrogens is 2. The number of nitrogens with zero attached hydrogens (tertiary/aromatic N) is 2. The highest BCUT2D eigenvalue weighted by Crippen LogP contribution is 2.33. The van der Waals surface area contributed by atoms with Gasteiger partial charge in [0.25, 0.3) is 11.8 Å². The monoisotopic (exact) mass is 498 g/mol. The molecule has 1 heterocycles. The summed E-state index contributed by atoms with van der Waals surface area (Å²) in [5.41, 5.74) is 3.07. The maximum atomic E-state index is 13.4. The first-order valence-corrected chi connectivity index (χ1v) is 10.7. The standard InChI is InChI=1S/C23H20BrFN4O3/c1-12-6-13(2-5-17(12)25)10-26-22(31)18-9-19(28-11-27-18)23(32)29-21-16-4-3-15(24)7-14(16)8-20(21)30/h2-7,9,11,20-21,30H,8,10H2,1H3,(H,26,31)(H,29,32)/t20-,21+/m0/s1. The molecule has 4 rings (SSSR count). The lowest BCUT2D eigenvalue weighted by Crippen LogP contribution is -2.34. The van der Waals surface area contributed by atoms with Gasteiger partial charge in [-0.2, -0.15) is 0 Å². The molecule has 0 radical (unpaired) electrons. The Morgan fingerprint density at radius 3 is 2.62 bits per heavy atom. The molecular weight excluding hydrogens is 479 g/mol. The molecule has 32 heavy (non-hydrogen) atoms. The van der Waals surface area contributed by atoms with E-state index in [0.29, 0.717) is 12.0 Å². The van der Waals surface area contributed by atoms with Gasteiger partial charge in [0.1, 0.15) is 23.5 Å². The number of aliphatic hydroxyl groups is 1. The highest BCUT2D eigenvalue weighted by atomic mass is 79.9. The second kappa shape index (κ2) is 9.13. The highest BCUT2D eigenvalue weighted by Gasteiger charge is 2.32. The third kappa shape index (κ3) is 4.68. The van der Waals surface area contributed by atoms with Crippen molar-refractivity contribution in [1.82, 2.24) is 20.6 Å². The van der Waals surface area contributed by atoms with Gasteiger partial charge in [-0.05, 0) is 47.4 Å². The minimum absolute atomic E-state index is 0.0144. The Labute approximate surface area is 192 Å². The van der Waals surface area contributed by atoms with E-state index in [-0.39, 0.29) is 23.7 Å². The van der Waals surface area contributed by atoms with Crippen molar-refractivity contribution in [3.8, 4) is 0 Å². The average molecular weight is 499 g/mol. The number of nitrogens with one attached hydrogen (secondary N) is 2. The van der Waals surface area contributed by atoms with Crippen LogP contribution in [0.25, 0.3) is 0 Å². The molecule has 164 valence electrons. The molecule has 0 unspecified atom stereocenters. The minimum Gasteiger partial charge on any atom is -0.390 e. The number of aryl methyl sites for hydroxylation is 1. The molecule has 0 fully saturated rings. The molecule has 0 saturated carbocycles. The Bertz CT molecular complexity index is 1200. The zero-order valence-corrected chi connectivity index (χ0v) is 18.7. The molecule has 3 N–H and O–H groups in total. The summed E-state index contributed by atoms with van der Waals surface area (Å²) >= 11 is 3.41. The number of hydrogen-bond donors (Lipinski definition) is 3. The summed E-state index contributed by atoms with van der Waals surface area (Å²) in [5.74, 6) is -1.32. The number of aliphatic hydroxyl groups excluding tert-OH is 1. The Morgan fingerprint density at radius 2 is 1.88 bits per heavy atom. The van der Waals surface area contributed by atoms with Crippen LogP contribution in [0.4, 0.5) is 4.39 Å². The van der Waals surface area contributed by atoms with E-state index in [1.165, 1.54) is 12.1 Å². The van der Waals surface area contributed by atoms with Crippen LogP contribution in [0.2, 0.25) is 0 Å². The molecule has 1 aliphatic rings. The number of hydrogen-bond acceptors (Lipinski definition) is 5. The smallest absolute Gasteiger partial charge is 0.270 e. The van der Waals surface area contributed by atoms with E-state index in [4.69, 9.17) is 0 Å². The largest absolute Gasteiger partial charge is 0.390 e. The van der Waals surface area contributed by atoms with Gasteiger partial charge in [-0.3, -0.25) is 9.59 Å². The van der Waals surface area contributed by atoms with Crippen molar-refractivity contribution >= 4 is 27.7 Å². The van der Waals surface area contributed by atoms with Gasteiger partial charge in [-0.25, -0.2) is 14.4 Å². The molecule has 3 aromatic rings. The second-order valence-corrected chi connectivity index (χ2v) is 8.54. The molecule has 1 aliphatic carbocycles. The van der Waals surface area contributed by atoms with Crippen molar-refractivity contribution < 1.29 is 19.1 Å². The molecule has 1 aromatic heterocycles. The third-order valence-corrected chi connectivity index (χ3v) is 5.84. The predicted molar refractivity (Wildman–Crippen MR) is 118 cm³/mol. The lowest BCUT2D eigenvalue weighted by atomic mass is 10.1. The van der Waals surface area contributed by atoms with Crippen LogP contribution in [-0.2, 0) is 13.0 Å². The molecule has 7 nitrogen and oxygen atoms in total. The van der Waals surface area contributed by atoms with E-state index in [2.05, 4.69) is 36.5 Å². The fourth-order valence-electron chi connectivity index (χ4n) is 3.69. The Morgan fingerprint density at radius 1 is 1.12 bits per heavy atom. The maximum Gasteiger partial charge on any atom is 0.270 e. The fourth-order valence-corrected chi connectivity index (χ4v) is 4.10. The summed E-state index contributed by atoms with van der Waals surface area (Å²) in [4.78, 5) is 33.1. The fraction of sp³-hybridized carbons (Fsp3) is 0.217. The van der Waals surface area contributed by atoms with Crippen LogP contribution < -0.4 is 10.6 Å². The van der Waals surface area contributed by atoms with Gasteiger partial charge >= 0.3 is 0 Å². The minimum atomic E-state index is -0.757. The average Bonchev–Trinajstić information content (AvgIpc) is 3.08. The number of halogens is 2. The van der Waals surface area contributed by atoms with Crippen molar-refractivity contribution in [2.45, 2.75) is 32.0 Å². The van der Waals surface area contributed by atoms with Crippen molar-refractivity contribution in [2.24, 2.45) is 0 Å². The van der Waals surface area contributed by atoms with Crippen LogP contribution in [0.1, 0.15) is 49.3 Å². The number of amides is 2. The first kappa shape index (κ1) is 22.0. The molecule has 9 heteroatoms. The Kier molecular flexibility index (Phi) is 6.29. The normalized spacial score (nSPS) is 17.0. The molecule has 0 bridgehead atoms. The van der Waals surface area contributed by atoms with Crippen LogP contribution >= 0.6 is 15.9 Å². The van der Waals surface area contributed by atoms with Crippen molar-refractivity contribution in [3.05, 3.63) is 92.7 Å². The predicted octanol–water partition coefficient (Wildman–Crippen LogP) is 3.00. The molecule has 2 atom stereocenters. The number of carbonyl (C=O) groups is 2. The lowest BCUT2D eigenvalue weighted by molar-refractivity contribution is 0.0853. The highest BCUT2D eigenvalue weighted by molar-refractivity contribution is 9.10. The Hall–Kier alpha value is -3.17. The molecular formula is C23H20BrFN4O3. The first-order valence-electron chi connectivity index (χ1n) is 9.94. The van der Waals surface area contributed by atoms with Gasteiger partial charge in [0.05, 0.1) is 12.1 Å². The number of rotatable bonds is 5. The van der Waals surface area contributed by atoms with E-state index < -0.39 is 24.0 Å². The quantitative estimate of drug-likeness (QED) is 0.501. The lowest BCUT2D eigenvalue weighted by Gasteiger charge is -2.17. The summed E-state index contributed by atoms with van der Waals surface area (Å²) in [6.07, 6.45) is 0.814. The van der Waals surface area contributed by atoms with E-state index in [1.807, 2.05) is 18.2 Å². The SMILES string of the molecule is Cc1cc(CNC(=O)c2cc(C(=O)N[C@@H]3c4ccc(Br)cc4C[C@@H]3O)ncn2)ccc1F. The van der Waals surface area contributed by atoms with Gasteiger partial charge < -0.3 is 15.7 Å². The topological polar surface area (TPSA) is 104 Å². The first-order chi connectivity index (χ1) is 15.3. The molecule has 0 aliphatic heterocycles. The molecule has 0 spiro atoms. The van der Waals surface area contributed by atoms with Gasteiger partial charge in [0.2, 0.25) is 0 Å². The number of benzene rings is 2. The van der Waals surface area contributed by atoms with E-state index >= 15 is 0 Å². The summed E-state index contributed by atoms with van der Waals surface area (Å²) < 4.78 is 14.3. The van der Waals surface area contributed by atoms with Crippen LogP contribution in [0.5, 0.6) is 0 Å². The van der Waals surface area contributed by atoms with Crippen LogP contribution in [0.15, 0.2) is 53.3 Å². The molecule has 0 saturated heterocycles. The zero-order valence-electron chi connectivity index (χ0n) is 17.1. The van der Waals surface area contributed by atoms with Crippen molar-refractivity contribution in [1.29, 1.82) is 0 Å². The number of fused-ring (bicyclic) bond motifs is 1. The van der Waals surface area contributed by atoms with Gasteiger partial charge in [-0.1, -0.05) is 34.1 Å². The van der Waals surface area contributed by atoms with Crippen molar-refractivity contribution in [2.75, 3.05) is 0 Å². The summed E-state index contributed by atoms with van der Waals surface area (Å²) in [6.45, 7) is 1.83. The van der Waals surface area contributed by atoms with Gasteiger partial charge in [-0.15, -0.1) is 0 Å². The third-order valence-electron chi connectivity index (χ3n) is 5.35.